The smallest absolute Gasteiger partial charge is 0.339 e. The fourth-order valence-electron chi connectivity index (χ4n) is 7.33. The number of esters is 1. The topological polar surface area (TPSA) is 104 Å². The van der Waals surface area contributed by atoms with Gasteiger partial charge in [0, 0.05) is 6.54 Å². The highest BCUT2D eigenvalue weighted by atomic mass is 16.7. The molecule has 2 fully saturated rings. The first kappa shape index (κ1) is 24.6. The van der Waals surface area contributed by atoms with E-state index in [-0.39, 0.29) is 18.2 Å². The van der Waals surface area contributed by atoms with Gasteiger partial charge >= 0.3 is 11.9 Å². The average Bonchev–Trinajstić information content (AvgIpc) is 3.51. The average molecular weight is 514 g/mol. The Morgan fingerprint density at radius 2 is 1.89 bits per heavy atom. The third kappa shape index (κ3) is 3.89. The molecule has 0 bridgehead atoms. The highest BCUT2D eigenvalue weighted by Gasteiger charge is 2.59. The molecular formula is C28H35NO8. The van der Waals surface area contributed by atoms with Crippen LogP contribution in [0.2, 0.25) is 0 Å². The fourth-order valence-corrected chi connectivity index (χ4v) is 7.33. The molecule has 6 rings (SSSR count). The number of carbonyl (C=O) groups is 2. The van der Waals surface area contributed by atoms with E-state index >= 15 is 0 Å². The molecule has 0 amide bonds. The van der Waals surface area contributed by atoms with Crippen LogP contribution in [0.1, 0.15) is 69.4 Å². The lowest BCUT2D eigenvalue weighted by atomic mass is 9.77. The van der Waals surface area contributed by atoms with Gasteiger partial charge in [0.2, 0.25) is 6.79 Å². The molecule has 1 aliphatic carbocycles. The number of hydrogen-bond donors (Lipinski definition) is 1. The van der Waals surface area contributed by atoms with Gasteiger partial charge < -0.3 is 28.8 Å². The SMILES string of the molecule is COC1=CC23CCCN2CCc2cc4c(cc2[C@@H]3C1OC(=O)[C@]1(CC(=O)O)CCCC(C)(C)O1)OCO4. The normalized spacial score (nSPS) is 33.5. The van der Waals surface area contributed by atoms with E-state index in [4.69, 9.17) is 23.7 Å². The quantitative estimate of drug-likeness (QED) is 0.592. The molecule has 4 heterocycles. The number of rotatable bonds is 5. The molecule has 37 heavy (non-hydrogen) atoms. The second-order valence-electron chi connectivity index (χ2n) is 11.6. The maximum Gasteiger partial charge on any atom is 0.339 e. The molecule has 2 unspecified atom stereocenters. The third-order valence-corrected chi connectivity index (χ3v) is 8.84. The van der Waals surface area contributed by atoms with Gasteiger partial charge in [-0.3, -0.25) is 9.69 Å². The van der Waals surface area contributed by atoms with Crippen molar-refractivity contribution in [2.24, 2.45) is 0 Å². The van der Waals surface area contributed by atoms with Gasteiger partial charge in [-0.1, -0.05) is 0 Å². The van der Waals surface area contributed by atoms with E-state index < -0.39 is 35.7 Å². The highest BCUT2D eigenvalue weighted by Crippen LogP contribution is 2.56. The number of benzene rings is 1. The Balaban J connectivity index is 1.42. The van der Waals surface area contributed by atoms with Crippen molar-refractivity contribution in [1.29, 1.82) is 0 Å². The zero-order valence-electron chi connectivity index (χ0n) is 21.7. The molecule has 5 aliphatic rings. The van der Waals surface area contributed by atoms with Gasteiger partial charge in [0.05, 0.1) is 30.6 Å². The minimum atomic E-state index is -1.54. The largest absolute Gasteiger partial charge is 0.497 e. The van der Waals surface area contributed by atoms with Crippen LogP contribution in [0.25, 0.3) is 0 Å². The summed E-state index contributed by atoms with van der Waals surface area (Å²) in [7, 11) is 1.60. The lowest BCUT2D eigenvalue weighted by molar-refractivity contribution is -0.216. The van der Waals surface area contributed by atoms with Crippen LogP contribution in [0, 0.1) is 0 Å². The van der Waals surface area contributed by atoms with Crippen LogP contribution in [0.4, 0.5) is 0 Å². The molecule has 9 nitrogen and oxygen atoms in total. The van der Waals surface area contributed by atoms with E-state index in [0.717, 1.165) is 55.6 Å². The number of carboxylic acids is 1. The summed E-state index contributed by atoms with van der Waals surface area (Å²) in [6, 6.07) is 4.09. The standard InChI is InChI=1S/C28H35NO8/c1-26(2)7-4-9-28(37-26,15-22(30)31)25(32)36-24-21(33-3)14-27-8-5-10-29(27)11-6-17-12-19-20(35-16-34-19)13-18(17)23(24)27/h12-14,23-24H,4-11,15-16H2,1-3H3,(H,30,31)/t23-,24?,27?,28-/m1/s1. The minimum Gasteiger partial charge on any atom is -0.497 e. The summed E-state index contributed by atoms with van der Waals surface area (Å²) in [5.74, 6) is 0.0737. The lowest BCUT2D eigenvalue weighted by Crippen LogP contribution is -2.54. The Labute approximate surface area is 216 Å². The molecule has 200 valence electrons. The third-order valence-electron chi connectivity index (χ3n) is 8.84. The molecule has 1 aromatic carbocycles. The van der Waals surface area contributed by atoms with Gasteiger partial charge in [-0.2, -0.15) is 0 Å². The first-order valence-corrected chi connectivity index (χ1v) is 13.2. The van der Waals surface area contributed by atoms with Crippen molar-refractivity contribution in [3.05, 3.63) is 35.1 Å². The van der Waals surface area contributed by atoms with Gasteiger partial charge in [-0.25, -0.2) is 4.79 Å². The van der Waals surface area contributed by atoms with Gasteiger partial charge in [-0.15, -0.1) is 0 Å². The van der Waals surface area contributed by atoms with Crippen LogP contribution in [-0.2, 0) is 30.2 Å². The Kier molecular flexibility index (Phi) is 5.73. The van der Waals surface area contributed by atoms with Crippen LogP contribution in [0.5, 0.6) is 11.5 Å². The number of carboxylic acid groups (broad SMARTS) is 1. The van der Waals surface area contributed by atoms with E-state index in [1.807, 2.05) is 19.9 Å². The maximum atomic E-state index is 14.0. The Hall–Kier alpha value is -2.78. The van der Waals surface area contributed by atoms with Crippen molar-refractivity contribution in [2.45, 2.75) is 87.6 Å². The first-order chi connectivity index (χ1) is 17.7. The Morgan fingerprint density at radius 1 is 1.11 bits per heavy atom. The molecule has 1 spiro atoms. The van der Waals surface area contributed by atoms with Crippen molar-refractivity contribution >= 4 is 11.9 Å². The van der Waals surface area contributed by atoms with Gasteiger partial charge in [0.1, 0.15) is 5.76 Å². The summed E-state index contributed by atoms with van der Waals surface area (Å²) in [5, 5.41) is 9.72. The summed E-state index contributed by atoms with van der Waals surface area (Å²) in [6.45, 7) is 5.79. The summed E-state index contributed by atoms with van der Waals surface area (Å²) in [5.41, 5.74) is -0.322. The Bertz CT molecular complexity index is 1160. The number of nitrogens with zero attached hydrogens (tertiary/aromatic N) is 1. The summed E-state index contributed by atoms with van der Waals surface area (Å²) in [4.78, 5) is 28.3. The molecule has 0 aromatic heterocycles. The summed E-state index contributed by atoms with van der Waals surface area (Å²) in [6.07, 6.45) is 5.51. The van der Waals surface area contributed by atoms with E-state index in [0.29, 0.717) is 24.4 Å². The molecule has 2 saturated heterocycles. The van der Waals surface area contributed by atoms with Crippen molar-refractivity contribution in [3.8, 4) is 11.5 Å². The zero-order chi connectivity index (χ0) is 26.0. The van der Waals surface area contributed by atoms with E-state index in [2.05, 4.69) is 17.0 Å². The van der Waals surface area contributed by atoms with Crippen molar-refractivity contribution in [1.82, 2.24) is 4.90 Å². The monoisotopic (exact) mass is 513 g/mol. The minimum absolute atomic E-state index is 0.185. The molecule has 0 saturated carbocycles. The number of ether oxygens (including phenoxy) is 5. The molecule has 9 heteroatoms. The second-order valence-corrected chi connectivity index (χ2v) is 11.6. The van der Waals surface area contributed by atoms with Crippen molar-refractivity contribution in [3.63, 3.8) is 0 Å². The molecule has 4 aliphatic heterocycles. The maximum absolute atomic E-state index is 14.0. The van der Waals surface area contributed by atoms with Gasteiger partial charge in [0.25, 0.3) is 0 Å². The van der Waals surface area contributed by atoms with E-state index in [9.17, 15) is 14.7 Å². The summed E-state index contributed by atoms with van der Waals surface area (Å²) < 4.78 is 29.8. The van der Waals surface area contributed by atoms with Gasteiger partial charge in [0.15, 0.2) is 23.2 Å². The van der Waals surface area contributed by atoms with Crippen LogP contribution in [0.3, 0.4) is 0 Å². The van der Waals surface area contributed by atoms with E-state index in [1.165, 1.54) is 0 Å². The molecular weight excluding hydrogens is 478 g/mol. The van der Waals surface area contributed by atoms with Crippen LogP contribution in [-0.4, -0.2) is 71.8 Å². The molecule has 1 aromatic rings. The predicted molar refractivity (Wildman–Crippen MR) is 132 cm³/mol. The van der Waals surface area contributed by atoms with Crippen molar-refractivity contribution in [2.75, 3.05) is 27.0 Å². The predicted octanol–water partition coefficient (Wildman–Crippen LogP) is 3.54. The molecule has 1 N–H and O–H groups in total. The highest BCUT2D eigenvalue weighted by molar-refractivity contribution is 5.86. The van der Waals surface area contributed by atoms with Crippen LogP contribution >= 0.6 is 0 Å². The number of hydrogen-bond acceptors (Lipinski definition) is 8. The molecule has 0 radical (unpaired) electrons. The number of aliphatic carboxylic acids is 1. The number of methoxy groups -OCH3 is 1. The van der Waals surface area contributed by atoms with Crippen LogP contribution in [0.15, 0.2) is 24.0 Å². The second kappa shape index (κ2) is 8.63. The first-order valence-electron chi connectivity index (χ1n) is 13.2. The van der Waals surface area contributed by atoms with Gasteiger partial charge in [-0.05, 0) is 88.3 Å². The van der Waals surface area contributed by atoms with Crippen molar-refractivity contribution < 1.29 is 38.4 Å². The van der Waals surface area contributed by atoms with Crippen LogP contribution < -0.4 is 9.47 Å². The summed E-state index contributed by atoms with van der Waals surface area (Å²) >= 11 is 0. The number of fused-ring (bicyclic) bond motifs is 3. The zero-order valence-corrected chi connectivity index (χ0v) is 21.7. The molecule has 4 atom stereocenters. The number of carbonyl (C=O) groups excluding carboxylic acids is 1. The fraction of sp³-hybridized carbons (Fsp3) is 0.643. The van der Waals surface area contributed by atoms with E-state index in [1.54, 1.807) is 7.11 Å². The Morgan fingerprint density at radius 3 is 2.62 bits per heavy atom. The lowest BCUT2D eigenvalue weighted by Gasteiger charge is -2.44.